The van der Waals surface area contributed by atoms with Gasteiger partial charge in [0.2, 0.25) is 5.91 Å². The maximum Gasteiger partial charge on any atom is 0.223 e. The lowest BCUT2D eigenvalue weighted by molar-refractivity contribution is -0.125. The van der Waals surface area contributed by atoms with Gasteiger partial charge in [-0.3, -0.25) is 4.79 Å². The first-order valence-electron chi connectivity index (χ1n) is 2.87. The quantitative estimate of drug-likeness (QED) is 0.543. The van der Waals surface area contributed by atoms with Crippen LogP contribution in [0.25, 0.3) is 0 Å². The topological polar surface area (TPSA) is 46.2 Å². The molecule has 0 spiro atoms. The summed E-state index contributed by atoms with van der Waals surface area (Å²) >= 11 is 0. The summed E-state index contributed by atoms with van der Waals surface area (Å²) in [5.74, 6) is -0.269. The zero-order valence-corrected chi connectivity index (χ0v) is 5.68. The van der Waals surface area contributed by atoms with E-state index in [9.17, 15) is 9.59 Å². The Labute approximate surface area is 54.4 Å². The molecule has 1 atom stereocenters. The average molecular weight is 129 g/mol. The highest BCUT2D eigenvalue weighted by Crippen LogP contribution is 1.96. The summed E-state index contributed by atoms with van der Waals surface area (Å²) in [6.07, 6.45) is 1.06. The summed E-state index contributed by atoms with van der Waals surface area (Å²) in [6.45, 7) is 1.72. The highest BCUT2D eigenvalue weighted by atomic mass is 16.2. The van der Waals surface area contributed by atoms with Crippen LogP contribution in [0.15, 0.2) is 0 Å². The summed E-state index contributed by atoms with van der Waals surface area (Å²) in [5.41, 5.74) is 0. The second-order valence-electron chi connectivity index (χ2n) is 1.92. The number of hydrogen-bond acceptors (Lipinski definition) is 2. The van der Waals surface area contributed by atoms with Crippen molar-refractivity contribution < 1.29 is 9.59 Å². The smallest absolute Gasteiger partial charge is 0.223 e. The summed E-state index contributed by atoms with van der Waals surface area (Å²) in [4.78, 5) is 20.5. The molecule has 0 aromatic heterocycles. The van der Waals surface area contributed by atoms with Crippen LogP contribution in [-0.2, 0) is 9.59 Å². The minimum absolute atomic E-state index is 0.0814. The Morgan fingerprint density at radius 1 is 1.78 bits per heavy atom. The molecule has 0 bridgehead atoms. The van der Waals surface area contributed by atoms with Gasteiger partial charge in [-0.05, 0) is 0 Å². The van der Waals surface area contributed by atoms with Crippen LogP contribution < -0.4 is 5.32 Å². The van der Waals surface area contributed by atoms with Crippen molar-refractivity contribution in [3.8, 4) is 0 Å². The molecule has 0 aliphatic heterocycles. The van der Waals surface area contributed by atoms with Gasteiger partial charge in [0.05, 0.1) is 0 Å². The zero-order chi connectivity index (χ0) is 7.28. The van der Waals surface area contributed by atoms with Crippen molar-refractivity contribution in [1.82, 2.24) is 5.32 Å². The molecule has 0 heterocycles. The van der Waals surface area contributed by atoms with Gasteiger partial charge >= 0.3 is 0 Å². The van der Waals surface area contributed by atoms with E-state index in [1.54, 1.807) is 14.0 Å². The summed E-state index contributed by atoms with van der Waals surface area (Å²) in [5, 5.41) is 2.45. The van der Waals surface area contributed by atoms with Crippen LogP contribution in [0.5, 0.6) is 0 Å². The molecule has 0 aliphatic rings. The van der Waals surface area contributed by atoms with Gasteiger partial charge in [0.1, 0.15) is 6.29 Å². The Bertz CT molecular complexity index is 112. The van der Waals surface area contributed by atoms with Crippen LogP contribution in [0, 0.1) is 5.92 Å². The van der Waals surface area contributed by atoms with E-state index in [4.69, 9.17) is 0 Å². The van der Waals surface area contributed by atoms with Crippen LogP contribution in [0.2, 0.25) is 0 Å². The molecule has 0 rings (SSSR count). The molecular weight excluding hydrogens is 118 g/mol. The number of aldehydes is 1. The average Bonchev–Trinajstić information content (AvgIpc) is 1.87. The van der Waals surface area contributed by atoms with Gasteiger partial charge in [-0.2, -0.15) is 0 Å². The van der Waals surface area contributed by atoms with E-state index in [0.29, 0.717) is 6.42 Å². The second-order valence-corrected chi connectivity index (χ2v) is 1.92. The molecule has 0 saturated heterocycles. The first-order valence-corrected chi connectivity index (χ1v) is 2.87. The highest BCUT2D eigenvalue weighted by Gasteiger charge is 2.08. The predicted octanol–water partition coefficient (Wildman–Crippen LogP) is -0.0425. The zero-order valence-electron chi connectivity index (χ0n) is 5.68. The van der Waals surface area contributed by atoms with Crippen LogP contribution in [0.1, 0.15) is 13.3 Å². The Morgan fingerprint density at radius 3 is 2.67 bits per heavy atom. The molecule has 1 unspecified atom stereocenters. The fraction of sp³-hybridized carbons (Fsp3) is 0.667. The van der Waals surface area contributed by atoms with Gasteiger partial charge in [-0.25, -0.2) is 0 Å². The fourth-order valence-corrected chi connectivity index (χ4v) is 0.498. The lowest BCUT2D eigenvalue weighted by Gasteiger charge is -2.03. The van der Waals surface area contributed by atoms with Crippen molar-refractivity contribution >= 4 is 12.2 Å². The van der Waals surface area contributed by atoms with Gasteiger partial charge in [0.15, 0.2) is 0 Å². The maximum atomic E-state index is 10.6. The van der Waals surface area contributed by atoms with Gasteiger partial charge in [-0.1, -0.05) is 6.92 Å². The third-order valence-electron chi connectivity index (χ3n) is 1.14. The Hall–Kier alpha value is -0.860. The number of rotatable bonds is 3. The van der Waals surface area contributed by atoms with Crippen LogP contribution in [0.3, 0.4) is 0 Å². The summed E-state index contributed by atoms with van der Waals surface area (Å²) in [7, 11) is 1.56. The number of amides is 1. The van der Waals surface area contributed by atoms with Gasteiger partial charge in [-0.15, -0.1) is 0 Å². The molecule has 1 amide bonds. The predicted molar refractivity (Wildman–Crippen MR) is 33.9 cm³/mol. The minimum atomic E-state index is -0.188. The normalized spacial score (nSPS) is 12.2. The van der Waals surface area contributed by atoms with Crippen LogP contribution in [-0.4, -0.2) is 19.2 Å². The molecule has 0 fully saturated rings. The van der Waals surface area contributed by atoms with Crippen molar-refractivity contribution in [2.24, 2.45) is 5.92 Å². The Balaban J connectivity index is 3.58. The molecule has 0 radical (unpaired) electrons. The number of carbonyl (C=O) groups is 2. The molecule has 52 valence electrons. The molecule has 0 saturated carbocycles. The van der Waals surface area contributed by atoms with E-state index in [0.717, 1.165) is 6.29 Å². The second kappa shape index (κ2) is 4.06. The Kier molecular flexibility index (Phi) is 3.67. The molecule has 0 aromatic rings. The van der Waals surface area contributed by atoms with Crippen molar-refractivity contribution in [1.29, 1.82) is 0 Å². The third-order valence-corrected chi connectivity index (χ3v) is 1.14. The standard InChI is InChI=1S/C6H11NO2/c1-5(3-4-8)6(9)7-2/h4-5H,3H2,1-2H3,(H,7,9). The first-order chi connectivity index (χ1) is 4.22. The third kappa shape index (κ3) is 2.85. The van der Waals surface area contributed by atoms with E-state index in [1.165, 1.54) is 0 Å². The van der Waals surface area contributed by atoms with Crippen molar-refractivity contribution in [2.75, 3.05) is 7.05 Å². The summed E-state index contributed by atoms with van der Waals surface area (Å²) < 4.78 is 0. The van der Waals surface area contributed by atoms with Crippen LogP contribution >= 0.6 is 0 Å². The molecule has 0 aliphatic carbocycles. The van der Waals surface area contributed by atoms with E-state index < -0.39 is 0 Å². The lowest BCUT2D eigenvalue weighted by atomic mass is 10.1. The van der Waals surface area contributed by atoms with Gasteiger partial charge in [0, 0.05) is 19.4 Å². The molecule has 0 aromatic carbocycles. The Morgan fingerprint density at radius 2 is 2.33 bits per heavy atom. The van der Waals surface area contributed by atoms with E-state index >= 15 is 0 Å². The number of carbonyl (C=O) groups excluding carboxylic acids is 2. The largest absolute Gasteiger partial charge is 0.359 e. The molecular formula is C6H11NO2. The maximum absolute atomic E-state index is 10.6. The highest BCUT2D eigenvalue weighted by molar-refractivity contribution is 5.80. The van der Waals surface area contributed by atoms with E-state index in [2.05, 4.69) is 5.32 Å². The van der Waals surface area contributed by atoms with Crippen molar-refractivity contribution in [3.63, 3.8) is 0 Å². The van der Waals surface area contributed by atoms with Gasteiger partial charge in [0.25, 0.3) is 0 Å². The van der Waals surface area contributed by atoms with Crippen LogP contribution in [0.4, 0.5) is 0 Å². The summed E-state index contributed by atoms with van der Waals surface area (Å²) in [6, 6.07) is 0. The fourth-order valence-electron chi connectivity index (χ4n) is 0.498. The van der Waals surface area contributed by atoms with Gasteiger partial charge < -0.3 is 10.1 Å². The minimum Gasteiger partial charge on any atom is -0.359 e. The molecule has 3 nitrogen and oxygen atoms in total. The molecule has 1 N–H and O–H groups in total. The number of hydrogen-bond donors (Lipinski definition) is 1. The monoisotopic (exact) mass is 129 g/mol. The molecule has 3 heteroatoms. The lowest BCUT2D eigenvalue weighted by Crippen LogP contribution is -2.25. The van der Waals surface area contributed by atoms with E-state index in [1.807, 2.05) is 0 Å². The van der Waals surface area contributed by atoms with Crippen molar-refractivity contribution in [3.05, 3.63) is 0 Å². The first kappa shape index (κ1) is 8.14. The SMILES string of the molecule is CNC(=O)C(C)CC=O. The van der Waals surface area contributed by atoms with E-state index in [-0.39, 0.29) is 11.8 Å². The molecule has 9 heavy (non-hydrogen) atoms. The number of nitrogens with one attached hydrogen (secondary N) is 1. The van der Waals surface area contributed by atoms with Crippen molar-refractivity contribution in [2.45, 2.75) is 13.3 Å².